The van der Waals surface area contributed by atoms with E-state index in [1.54, 1.807) is 19.9 Å². The van der Waals surface area contributed by atoms with Gasteiger partial charge in [-0.25, -0.2) is 13.1 Å². The predicted molar refractivity (Wildman–Crippen MR) is 134 cm³/mol. The molecule has 1 fully saturated rings. The van der Waals surface area contributed by atoms with Crippen LogP contribution in [0.1, 0.15) is 40.0 Å². The van der Waals surface area contributed by atoms with Crippen molar-refractivity contribution in [3.05, 3.63) is 63.3 Å². The van der Waals surface area contributed by atoms with Crippen molar-refractivity contribution in [1.29, 1.82) is 0 Å². The number of ketones is 1. The number of nitrogens with zero attached hydrogens (tertiary/aromatic N) is 1. The molecule has 2 aliphatic carbocycles. The molecule has 1 aromatic heterocycles. The first-order valence-electron chi connectivity index (χ1n) is 10.5. The van der Waals surface area contributed by atoms with Gasteiger partial charge in [0, 0.05) is 11.5 Å². The summed E-state index contributed by atoms with van der Waals surface area (Å²) in [7, 11) is -4.14. The Kier molecular flexibility index (Phi) is 6.50. The van der Waals surface area contributed by atoms with Crippen LogP contribution in [0.2, 0.25) is 5.02 Å². The Labute approximate surface area is 207 Å². The lowest BCUT2D eigenvalue weighted by Crippen LogP contribution is -2.37. The van der Waals surface area contributed by atoms with E-state index in [2.05, 4.69) is 15.2 Å². The molecule has 0 aliphatic heterocycles. The van der Waals surface area contributed by atoms with Crippen LogP contribution in [0.4, 0.5) is 11.6 Å². The average Bonchev–Trinajstić information content (AvgIpc) is 3.57. The molecule has 178 valence electrons. The number of allylic oxidation sites excluding steroid dienone is 2. The third-order valence-electron chi connectivity index (χ3n) is 5.61. The Bertz CT molecular complexity index is 1390. The number of aromatic nitrogens is 1. The van der Waals surface area contributed by atoms with Crippen LogP contribution in [0.3, 0.4) is 0 Å². The van der Waals surface area contributed by atoms with Gasteiger partial charge >= 0.3 is 0 Å². The first kappa shape index (κ1) is 24.3. The van der Waals surface area contributed by atoms with Crippen LogP contribution in [0.25, 0.3) is 0 Å². The molecule has 1 unspecified atom stereocenters. The molecule has 2 aliphatic rings. The largest absolute Gasteiger partial charge is 0.336 e. The predicted octanol–water partition coefficient (Wildman–Crippen LogP) is 4.46. The van der Waals surface area contributed by atoms with Gasteiger partial charge in [0.15, 0.2) is 5.78 Å². The third-order valence-corrected chi connectivity index (χ3v) is 8.21. The molecule has 1 aromatic carbocycles. The molecule has 11 heteroatoms. The standard InChI is InChI=1S/C23H22ClN3O5S2/c1-11-9-12(2)19(16(10-11)20(28)14-7-8-14)25-22(29)15-5-4-6-17(21(15)33)34(30,31)27-23-18(24)13(3)26-32-23/h4-6,9-10,14,17,27H,7-8H2,1-3H3,(H,25,29). The second-order valence-electron chi connectivity index (χ2n) is 8.41. The van der Waals surface area contributed by atoms with Gasteiger partial charge in [0.25, 0.3) is 11.8 Å². The van der Waals surface area contributed by atoms with Crippen molar-refractivity contribution < 1.29 is 22.5 Å². The summed E-state index contributed by atoms with van der Waals surface area (Å²) in [6.07, 6.45) is 5.92. The molecule has 1 amide bonds. The van der Waals surface area contributed by atoms with E-state index in [9.17, 15) is 18.0 Å². The number of hydrogen-bond donors (Lipinski definition) is 2. The maximum atomic E-state index is 13.2. The van der Waals surface area contributed by atoms with Gasteiger partial charge < -0.3 is 9.84 Å². The van der Waals surface area contributed by atoms with Crippen molar-refractivity contribution in [3.63, 3.8) is 0 Å². The summed E-state index contributed by atoms with van der Waals surface area (Å²) in [5.41, 5.74) is 2.84. The Balaban J connectivity index is 1.58. The number of Topliss-reactive ketones (excluding diaryl/α,β-unsaturated/α-hetero) is 1. The molecule has 0 saturated heterocycles. The average molecular weight is 520 g/mol. The molecule has 2 aromatic rings. The van der Waals surface area contributed by atoms with Gasteiger partial charge in [0.2, 0.25) is 10.0 Å². The number of thiocarbonyl (C=S) groups is 1. The number of aryl methyl sites for hydroxylation is 3. The monoisotopic (exact) mass is 519 g/mol. The number of carbonyl (C=O) groups excluding carboxylic acids is 2. The van der Waals surface area contributed by atoms with Gasteiger partial charge in [-0.15, -0.1) is 0 Å². The number of amides is 1. The number of benzene rings is 1. The fraction of sp³-hybridized carbons (Fsp3) is 0.304. The van der Waals surface area contributed by atoms with Crippen LogP contribution in [-0.2, 0) is 14.8 Å². The van der Waals surface area contributed by atoms with Gasteiger partial charge in [0.05, 0.1) is 16.1 Å². The zero-order valence-corrected chi connectivity index (χ0v) is 21.0. The smallest absolute Gasteiger partial charge is 0.257 e. The van der Waals surface area contributed by atoms with E-state index in [1.165, 1.54) is 18.2 Å². The summed E-state index contributed by atoms with van der Waals surface area (Å²) in [6, 6.07) is 3.63. The van der Waals surface area contributed by atoms with E-state index in [1.807, 2.05) is 13.0 Å². The number of nitrogens with one attached hydrogen (secondary N) is 2. The molecule has 2 N–H and O–H groups in total. The van der Waals surface area contributed by atoms with Crippen LogP contribution in [0.5, 0.6) is 0 Å². The number of carbonyl (C=O) groups is 2. The normalized spacial score (nSPS) is 17.9. The number of anilines is 2. The summed E-state index contributed by atoms with van der Waals surface area (Å²) in [5.74, 6) is -0.859. The van der Waals surface area contributed by atoms with Crippen LogP contribution >= 0.6 is 23.8 Å². The number of halogens is 1. The minimum Gasteiger partial charge on any atom is -0.336 e. The van der Waals surface area contributed by atoms with Gasteiger partial charge in [-0.2, -0.15) is 0 Å². The first-order valence-corrected chi connectivity index (χ1v) is 12.9. The lowest BCUT2D eigenvalue weighted by molar-refractivity contribution is -0.112. The molecule has 1 atom stereocenters. The van der Waals surface area contributed by atoms with Crippen molar-refractivity contribution in [2.75, 3.05) is 10.0 Å². The Morgan fingerprint density at radius 1 is 1.21 bits per heavy atom. The van der Waals surface area contributed by atoms with Crippen LogP contribution < -0.4 is 10.0 Å². The highest BCUT2D eigenvalue weighted by Gasteiger charge is 2.36. The van der Waals surface area contributed by atoms with Crippen LogP contribution in [-0.4, -0.2) is 35.4 Å². The maximum Gasteiger partial charge on any atom is 0.257 e. The number of hydrogen-bond acceptors (Lipinski definition) is 7. The number of rotatable bonds is 7. The molecule has 1 saturated carbocycles. The third kappa shape index (κ3) is 4.70. The summed E-state index contributed by atoms with van der Waals surface area (Å²) in [4.78, 5) is 25.9. The lowest BCUT2D eigenvalue weighted by atomic mass is 9.97. The molecule has 0 radical (unpaired) electrons. The van der Waals surface area contributed by atoms with E-state index in [0.717, 1.165) is 24.0 Å². The summed E-state index contributed by atoms with van der Waals surface area (Å²) < 4.78 is 33.1. The summed E-state index contributed by atoms with van der Waals surface area (Å²) in [6.45, 7) is 5.26. The maximum absolute atomic E-state index is 13.2. The van der Waals surface area contributed by atoms with Crippen LogP contribution in [0, 0.1) is 26.7 Å². The Morgan fingerprint density at radius 2 is 1.91 bits per heavy atom. The van der Waals surface area contributed by atoms with Crippen molar-refractivity contribution >= 4 is 62.0 Å². The van der Waals surface area contributed by atoms with Gasteiger partial charge in [0.1, 0.15) is 16.0 Å². The van der Waals surface area contributed by atoms with Gasteiger partial charge in [-0.05, 0) is 56.9 Å². The van der Waals surface area contributed by atoms with E-state index in [-0.39, 0.29) is 33.0 Å². The second-order valence-corrected chi connectivity index (χ2v) is 11.0. The van der Waals surface area contributed by atoms with Gasteiger partial charge in [-0.1, -0.05) is 47.2 Å². The highest BCUT2D eigenvalue weighted by molar-refractivity contribution is 7.96. The fourth-order valence-electron chi connectivity index (χ4n) is 3.70. The van der Waals surface area contributed by atoms with E-state index >= 15 is 0 Å². The molecule has 34 heavy (non-hydrogen) atoms. The molecule has 1 heterocycles. The highest BCUT2D eigenvalue weighted by Crippen LogP contribution is 2.36. The van der Waals surface area contributed by atoms with E-state index < -0.39 is 21.2 Å². The zero-order chi connectivity index (χ0) is 24.8. The quantitative estimate of drug-likeness (QED) is 0.409. The van der Waals surface area contributed by atoms with Crippen molar-refractivity contribution in [2.24, 2.45) is 5.92 Å². The second kappa shape index (κ2) is 9.09. The molecule has 8 nitrogen and oxygen atoms in total. The number of sulfonamides is 1. The minimum absolute atomic E-state index is 0.00826. The summed E-state index contributed by atoms with van der Waals surface area (Å²) in [5, 5.41) is 5.12. The summed E-state index contributed by atoms with van der Waals surface area (Å²) >= 11 is 11.4. The minimum atomic E-state index is -4.14. The van der Waals surface area contributed by atoms with Crippen molar-refractivity contribution in [1.82, 2.24) is 5.16 Å². The molecule has 0 spiro atoms. The fourth-order valence-corrected chi connectivity index (χ4v) is 5.72. The van der Waals surface area contributed by atoms with Crippen molar-refractivity contribution in [3.8, 4) is 0 Å². The first-order chi connectivity index (χ1) is 16.0. The topological polar surface area (TPSA) is 118 Å². The van der Waals surface area contributed by atoms with Crippen molar-refractivity contribution in [2.45, 2.75) is 38.9 Å². The molecule has 4 rings (SSSR count). The molecular weight excluding hydrogens is 498 g/mol. The van der Waals surface area contributed by atoms with E-state index in [0.29, 0.717) is 16.9 Å². The van der Waals surface area contributed by atoms with Crippen LogP contribution in [0.15, 0.2) is 40.5 Å². The molecular formula is C23H22ClN3O5S2. The lowest BCUT2D eigenvalue weighted by Gasteiger charge is -2.21. The zero-order valence-electron chi connectivity index (χ0n) is 18.6. The van der Waals surface area contributed by atoms with Gasteiger partial charge in [-0.3, -0.25) is 9.59 Å². The Morgan fingerprint density at radius 3 is 2.53 bits per heavy atom. The Hall–Kier alpha value is -2.82. The molecule has 0 bridgehead atoms. The highest BCUT2D eigenvalue weighted by atomic mass is 35.5. The van der Waals surface area contributed by atoms with E-state index in [4.69, 9.17) is 28.3 Å². The SMILES string of the molecule is Cc1cc(C)c(NC(=O)C2=CC=CC(S(=O)(=O)Nc3onc(C)c3Cl)C2=S)c(C(=O)C2CC2)c1.